The van der Waals surface area contributed by atoms with Crippen LogP contribution in [0.25, 0.3) is 16.6 Å². The van der Waals surface area contributed by atoms with Crippen molar-refractivity contribution in [3.63, 3.8) is 0 Å². The second kappa shape index (κ2) is 7.88. The first-order valence-corrected chi connectivity index (χ1v) is 9.13. The molecule has 1 heterocycles. The Labute approximate surface area is 157 Å². The number of hydrogen-bond acceptors (Lipinski definition) is 5. The standard InChI is InChI=1S/C18H14ClFN2O3S/c1-2-25-16(23)10-26-18-21-15-6-4-3-5-12(15)17(24)22(18)11-7-8-14(20)13(19)9-11/h3-9H,2,10H2,1H3. The Balaban J connectivity index is 2.15. The predicted octanol–water partition coefficient (Wildman–Crippen LogP) is 3.83. The van der Waals surface area contributed by atoms with Gasteiger partial charge in [-0.3, -0.25) is 14.2 Å². The Morgan fingerprint density at radius 1 is 1.31 bits per heavy atom. The van der Waals surface area contributed by atoms with E-state index < -0.39 is 11.8 Å². The van der Waals surface area contributed by atoms with E-state index in [1.54, 1.807) is 31.2 Å². The Kier molecular flexibility index (Phi) is 5.58. The van der Waals surface area contributed by atoms with Crippen molar-refractivity contribution in [1.82, 2.24) is 9.55 Å². The average Bonchev–Trinajstić information content (AvgIpc) is 2.63. The molecule has 0 saturated carbocycles. The lowest BCUT2D eigenvalue weighted by Crippen LogP contribution is -2.22. The van der Waals surface area contributed by atoms with Crippen LogP contribution >= 0.6 is 23.4 Å². The molecule has 0 bridgehead atoms. The minimum atomic E-state index is -0.585. The number of benzene rings is 2. The van der Waals surface area contributed by atoms with Crippen LogP contribution in [0.4, 0.5) is 4.39 Å². The van der Waals surface area contributed by atoms with Crippen molar-refractivity contribution in [2.24, 2.45) is 0 Å². The average molecular weight is 393 g/mol. The summed E-state index contributed by atoms with van der Waals surface area (Å²) in [4.78, 5) is 29.1. The van der Waals surface area contributed by atoms with Crippen LogP contribution in [-0.4, -0.2) is 27.9 Å². The van der Waals surface area contributed by atoms with E-state index in [9.17, 15) is 14.0 Å². The third kappa shape index (κ3) is 3.73. The molecule has 0 radical (unpaired) electrons. The molecule has 0 atom stereocenters. The number of thioether (sulfide) groups is 1. The maximum absolute atomic E-state index is 13.5. The van der Waals surface area contributed by atoms with Crippen LogP contribution in [0.3, 0.4) is 0 Å². The van der Waals surface area contributed by atoms with Crippen LogP contribution in [0, 0.1) is 5.82 Å². The molecule has 1 aromatic heterocycles. The Morgan fingerprint density at radius 2 is 2.08 bits per heavy atom. The zero-order chi connectivity index (χ0) is 18.7. The van der Waals surface area contributed by atoms with Crippen molar-refractivity contribution in [2.75, 3.05) is 12.4 Å². The summed E-state index contributed by atoms with van der Waals surface area (Å²) in [7, 11) is 0. The summed E-state index contributed by atoms with van der Waals surface area (Å²) >= 11 is 6.93. The quantitative estimate of drug-likeness (QED) is 0.375. The number of fused-ring (bicyclic) bond motifs is 1. The molecular weight excluding hydrogens is 379 g/mol. The molecule has 0 amide bonds. The number of carbonyl (C=O) groups excluding carboxylic acids is 1. The van der Waals surface area contributed by atoms with Crippen LogP contribution in [-0.2, 0) is 9.53 Å². The number of ether oxygens (including phenoxy) is 1. The monoisotopic (exact) mass is 392 g/mol. The number of nitrogens with zero attached hydrogens (tertiary/aromatic N) is 2. The smallest absolute Gasteiger partial charge is 0.316 e. The normalized spacial score (nSPS) is 10.9. The number of aromatic nitrogens is 2. The van der Waals surface area contributed by atoms with Gasteiger partial charge in [-0.15, -0.1) is 0 Å². The molecule has 0 aliphatic carbocycles. The lowest BCUT2D eigenvalue weighted by Gasteiger charge is -2.13. The van der Waals surface area contributed by atoms with Crippen molar-refractivity contribution < 1.29 is 13.9 Å². The van der Waals surface area contributed by atoms with E-state index in [0.29, 0.717) is 21.7 Å². The lowest BCUT2D eigenvalue weighted by atomic mass is 10.2. The lowest BCUT2D eigenvalue weighted by molar-refractivity contribution is -0.139. The number of rotatable bonds is 5. The number of esters is 1. The van der Waals surface area contributed by atoms with Gasteiger partial charge in [0.05, 0.1) is 34.0 Å². The van der Waals surface area contributed by atoms with Gasteiger partial charge in [-0.25, -0.2) is 9.37 Å². The van der Waals surface area contributed by atoms with Crippen LogP contribution in [0.1, 0.15) is 6.92 Å². The second-order valence-corrected chi connectivity index (χ2v) is 6.59. The zero-order valence-corrected chi connectivity index (χ0v) is 15.3. The topological polar surface area (TPSA) is 61.2 Å². The van der Waals surface area contributed by atoms with Crippen LogP contribution in [0.5, 0.6) is 0 Å². The number of para-hydroxylation sites is 1. The van der Waals surface area contributed by atoms with E-state index >= 15 is 0 Å². The second-order valence-electron chi connectivity index (χ2n) is 5.24. The van der Waals surface area contributed by atoms with Gasteiger partial charge in [-0.05, 0) is 37.3 Å². The van der Waals surface area contributed by atoms with Gasteiger partial charge in [0.1, 0.15) is 5.82 Å². The van der Waals surface area contributed by atoms with Gasteiger partial charge in [-0.1, -0.05) is 35.5 Å². The molecule has 0 unspecified atom stereocenters. The fraction of sp³-hybridized carbons (Fsp3) is 0.167. The van der Waals surface area contributed by atoms with Crippen LogP contribution in [0.15, 0.2) is 52.4 Å². The van der Waals surface area contributed by atoms with Crippen molar-refractivity contribution in [3.05, 3.63) is 63.7 Å². The minimum absolute atomic E-state index is 0.00640. The number of hydrogen-bond donors (Lipinski definition) is 0. The van der Waals surface area contributed by atoms with Gasteiger partial charge in [0.15, 0.2) is 5.16 Å². The Morgan fingerprint density at radius 3 is 2.81 bits per heavy atom. The van der Waals surface area contributed by atoms with E-state index in [1.807, 2.05) is 0 Å². The Bertz CT molecular complexity index is 1040. The Hall–Kier alpha value is -2.38. The zero-order valence-electron chi connectivity index (χ0n) is 13.7. The van der Waals surface area contributed by atoms with E-state index in [1.165, 1.54) is 22.8 Å². The van der Waals surface area contributed by atoms with Gasteiger partial charge >= 0.3 is 5.97 Å². The highest BCUT2D eigenvalue weighted by atomic mass is 35.5. The molecule has 3 aromatic rings. The molecule has 5 nitrogen and oxygen atoms in total. The first-order valence-electron chi connectivity index (χ1n) is 7.77. The molecule has 3 rings (SSSR count). The van der Waals surface area contributed by atoms with Gasteiger partial charge in [-0.2, -0.15) is 0 Å². The first kappa shape index (κ1) is 18.4. The summed E-state index contributed by atoms with van der Waals surface area (Å²) in [6.45, 7) is 1.98. The molecule has 0 spiro atoms. The van der Waals surface area contributed by atoms with E-state index in [4.69, 9.17) is 16.3 Å². The molecule has 8 heteroatoms. The van der Waals surface area contributed by atoms with Gasteiger partial charge in [0, 0.05) is 0 Å². The highest BCUT2D eigenvalue weighted by Crippen LogP contribution is 2.24. The van der Waals surface area contributed by atoms with Crippen molar-refractivity contribution >= 4 is 40.2 Å². The maximum atomic E-state index is 13.5. The van der Waals surface area contributed by atoms with E-state index in [2.05, 4.69) is 4.98 Å². The number of halogens is 2. The summed E-state index contributed by atoms with van der Waals surface area (Å²) in [5, 5.41) is 0.599. The molecule has 26 heavy (non-hydrogen) atoms. The third-order valence-electron chi connectivity index (χ3n) is 3.53. The highest BCUT2D eigenvalue weighted by Gasteiger charge is 2.16. The summed E-state index contributed by atoms with van der Waals surface area (Å²) in [6, 6.07) is 10.8. The molecule has 0 aliphatic rings. The molecule has 0 aliphatic heterocycles. The number of carbonyl (C=O) groups is 1. The SMILES string of the molecule is CCOC(=O)CSc1nc2ccccc2c(=O)n1-c1ccc(F)c(Cl)c1. The summed E-state index contributed by atoms with van der Waals surface area (Å²) < 4.78 is 19.7. The summed E-state index contributed by atoms with van der Waals surface area (Å²) in [5.74, 6) is -1.00. The largest absolute Gasteiger partial charge is 0.465 e. The summed E-state index contributed by atoms with van der Waals surface area (Å²) in [6.07, 6.45) is 0. The van der Waals surface area contributed by atoms with Gasteiger partial charge in [0.2, 0.25) is 0 Å². The summed E-state index contributed by atoms with van der Waals surface area (Å²) in [5.41, 5.74) is 0.545. The molecule has 134 valence electrons. The minimum Gasteiger partial charge on any atom is -0.465 e. The predicted molar refractivity (Wildman–Crippen MR) is 99.7 cm³/mol. The molecule has 2 aromatic carbocycles. The van der Waals surface area contributed by atoms with Gasteiger partial charge < -0.3 is 4.74 Å². The van der Waals surface area contributed by atoms with Crippen molar-refractivity contribution in [2.45, 2.75) is 12.1 Å². The maximum Gasteiger partial charge on any atom is 0.316 e. The van der Waals surface area contributed by atoms with Crippen LogP contribution < -0.4 is 5.56 Å². The fourth-order valence-electron chi connectivity index (χ4n) is 2.39. The van der Waals surface area contributed by atoms with E-state index in [0.717, 1.165) is 11.8 Å². The van der Waals surface area contributed by atoms with Crippen molar-refractivity contribution in [3.8, 4) is 5.69 Å². The fourth-order valence-corrected chi connectivity index (χ4v) is 3.37. The third-order valence-corrected chi connectivity index (χ3v) is 4.73. The van der Waals surface area contributed by atoms with E-state index in [-0.39, 0.29) is 22.9 Å². The molecule has 0 N–H and O–H groups in total. The molecule has 0 fully saturated rings. The van der Waals surface area contributed by atoms with Crippen molar-refractivity contribution in [1.29, 1.82) is 0 Å². The van der Waals surface area contributed by atoms with Gasteiger partial charge in [0.25, 0.3) is 5.56 Å². The van der Waals surface area contributed by atoms with Crippen LogP contribution in [0.2, 0.25) is 5.02 Å². The first-order chi connectivity index (χ1) is 12.5. The molecule has 0 saturated heterocycles. The highest BCUT2D eigenvalue weighted by molar-refractivity contribution is 7.99. The molecular formula is C18H14ClFN2O3S.